The van der Waals surface area contributed by atoms with E-state index in [1.165, 1.54) is 6.07 Å². The Morgan fingerprint density at radius 1 is 1.18 bits per heavy atom. The highest BCUT2D eigenvalue weighted by atomic mass is 35.5. The minimum atomic E-state index is -4.65. The van der Waals surface area contributed by atoms with E-state index in [9.17, 15) is 18.0 Å². The van der Waals surface area contributed by atoms with Gasteiger partial charge >= 0.3 is 6.18 Å². The van der Waals surface area contributed by atoms with Crippen LogP contribution in [0.25, 0.3) is 0 Å². The lowest BCUT2D eigenvalue weighted by Crippen LogP contribution is -2.18. The average molecular weight is 501 g/mol. The highest BCUT2D eigenvalue weighted by molar-refractivity contribution is 7.99. The summed E-state index contributed by atoms with van der Waals surface area (Å²) in [6.45, 7) is 1.80. The van der Waals surface area contributed by atoms with Crippen LogP contribution in [0.3, 0.4) is 0 Å². The molecule has 2 aromatic carbocycles. The second kappa shape index (κ2) is 10.3. The maximum atomic E-state index is 13.2. The van der Waals surface area contributed by atoms with E-state index in [1.807, 2.05) is 0 Å². The first-order chi connectivity index (χ1) is 15.6. The number of methoxy groups -OCH3 is 1. The van der Waals surface area contributed by atoms with Crippen LogP contribution in [0, 0.1) is 0 Å². The van der Waals surface area contributed by atoms with Crippen LogP contribution in [-0.2, 0) is 18.0 Å². The van der Waals surface area contributed by atoms with Gasteiger partial charge in [0.1, 0.15) is 11.5 Å². The number of alkyl halides is 3. The summed E-state index contributed by atoms with van der Waals surface area (Å²) in [5, 5.41) is 10.8. The summed E-state index contributed by atoms with van der Waals surface area (Å²) < 4.78 is 52.2. The van der Waals surface area contributed by atoms with E-state index in [4.69, 9.17) is 21.1 Å². The molecule has 3 aromatic rings. The van der Waals surface area contributed by atoms with Crippen LogP contribution in [0.2, 0.25) is 5.02 Å². The van der Waals surface area contributed by atoms with E-state index in [1.54, 1.807) is 49.9 Å². The number of anilines is 1. The maximum absolute atomic E-state index is 13.2. The molecule has 0 saturated carbocycles. The van der Waals surface area contributed by atoms with Gasteiger partial charge < -0.3 is 19.4 Å². The molecule has 176 valence electrons. The number of amides is 1. The molecular weight excluding hydrogens is 481 g/mol. The lowest BCUT2D eigenvalue weighted by atomic mass is 10.1. The first kappa shape index (κ1) is 24.7. The van der Waals surface area contributed by atoms with Gasteiger partial charge in [0.2, 0.25) is 5.91 Å². The molecule has 1 aromatic heterocycles. The van der Waals surface area contributed by atoms with Gasteiger partial charge in [-0.25, -0.2) is 0 Å². The molecule has 1 unspecified atom stereocenters. The second-order valence-electron chi connectivity index (χ2n) is 6.86. The molecule has 0 aliphatic rings. The minimum absolute atomic E-state index is 0.0766. The SMILES string of the molecule is COc1ccc(OC(C)c2nnc(SCC(=O)Nc3ccc(Cl)cc3C(F)(F)F)n2C)cc1. The Bertz CT molecular complexity index is 1120. The van der Waals surface area contributed by atoms with Gasteiger partial charge in [-0.1, -0.05) is 23.4 Å². The smallest absolute Gasteiger partial charge is 0.418 e. The van der Waals surface area contributed by atoms with Crippen molar-refractivity contribution in [3.05, 3.63) is 58.9 Å². The Hall–Kier alpha value is -2.92. The molecule has 0 bridgehead atoms. The Labute approximate surface area is 197 Å². The maximum Gasteiger partial charge on any atom is 0.418 e. The summed E-state index contributed by atoms with van der Waals surface area (Å²) in [6.07, 6.45) is -5.10. The fourth-order valence-electron chi connectivity index (χ4n) is 2.89. The van der Waals surface area contributed by atoms with Gasteiger partial charge in [-0.2, -0.15) is 13.2 Å². The first-order valence-electron chi connectivity index (χ1n) is 9.58. The lowest BCUT2D eigenvalue weighted by molar-refractivity contribution is -0.137. The number of benzene rings is 2. The number of aromatic nitrogens is 3. The molecule has 0 aliphatic carbocycles. The third-order valence-electron chi connectivity index (χ3n) is 4.50. The monoisotopic (exact) mass is 500 g/mol. The zero-order valence-corrected chi connectivity index (χ0v) is 19.4. The highest BCUT2D eigenvalue weighted by Gasteiger charge is 2.34. The predicted molar refractivity (Wildman–Crippen MR) is 119 cm³/mol. The largest absolute Gasteiger partial charge is 0.497 e. The van der Waals surface area contributed by atoms with Crippen LogP contribution in [0.5, 0.6) is 11.5 Å². The molecule has 7 nitrogen and oxygen atoms in total. The fourth-order valence-corrected chi connectivity index (χ4v) is 3.78. The number of nitrogens with one attached hydrogen (secondary N) is 1. The van der Waals surface area contributed by atoms with Crippen molar-refractivity contribution in [3.63, 3.8) is 0 Å². The van der Waals surface area contributed by atoms with Crippen molar-refractivity contribution in [1.82, 2.24) is 14.8 Å². The molecule has 33 heavy (non-hydrogen) atoms. The van der Waals surface area contributed by atoms with E-state index in [0.717, 1.165) is 23.9 Å². The van der Waals surface area contributed by atoms with Crippen molar-refractivity contribution in [1.29, 1.82) is 0 Å². The number of carbonyl (C=O) groups is 1. The van der Waals surface area contributed by atoms with Crippen molar-refractivity contribution in [3.8, 4) is 11.5 Å². The predicted octanol–water partition coefficient (Wildman–Crippen LogP) is 5.37. The molecule has 0 radical (unpaired) electrons. The Morgan fingerprint density at radius 3 is 2.48 bits per heavy atom. The Balaban J connectivity index is 1.62. The Morgan fingerprint density at radius 2 is 1.85 bits per heavy atom. The van der Waals surface area contributed by atoms with Gasteiger partial charge in [0.05, 0.1) is 24.1 Å². The van der Waals surface area contributed by atoms with Crippen molar-refractivity contribution in [2.75, 3.05) is 18.2 Å². The summed E-state index contributed by atoms with van der Waals surface area (Å²) in [6, 6.07) is 10.2. The van der Waals surface area contributed by atoms with Gasteiger partial charge in [0, 0.05) is 12.1 Å². The van der Waals surface area contributed by atoms with Gasteiger partial charge in [0.25, 0.3) is 0 Å². The number of nitrogens with zero attached hydrogens (tertiary/aromatic N) is 3. The van der Waals surface area contributed by atoms with E-state index >= 15 is 0 Å². The first-order valence-corrected chi connectivity index (χ1v) is 10.9. The zero-order valence-electron chi connectivity index (χ0n) is 17.8. The third-order valence-corrected chi connectivity index (χ3v) is 5.75. The van der Waals surface area contributed by atoms with E-state index in [2.05, 4.69) is 15.5 Å². The van der Waals surface area contributed by atoms with E-state index < -0.39 is 23.8 Å². The number of ether oxygens (including phenoxy) is 2. The number of carbonyl (C=O) groups excluding carboxylic acids is 1. The van der Waals surface area contributed by atoms with Crippen LogP contribution in [0.4, 0.5) is 18.9 Å². The quantitative estimate of drug-likeness (QED) is 0.419. The molecule has 1 amide bonds. The number of hydrogen-bond donors (Lipinski definition) is 1. The normalized spacial score (nSPS) is 12.3. The standard InChI is InChI=1S/C21H20ClF3N4O3S/c1-12(32-15-7-5-14(31-3)6-8-15)19-27-28-20(29(19)2)33-11-18(30)26-17-9-4-13(22)10-16(17)21(23,24)25/h4-10,12H,11H2,1-3H3,(H,26,30). The molecule has 0 aliphatic heterocycles. The van der Waals surface area contributed by atoms with Gasteiger partial charge in [-0.15, -0.1) is 10.2 Å². The molecule has 1 heterocycles. The minimum Gasteiger partial charge on any atom is -0.497 e. The molecule has 0 spiro atoms. The highest BCUT2D eigenvalue weighted by Crippen LogP contribution is 2.36. The average Bonchev–Trinajstić information content (AvgIpc) is 3.13. The second-order valence-corrected chi connectivity index (χ2v) is 8.24. The van der Waals surface area contributed by atoms with Crippen LogP contribution >= 0.6 is 23.4 Å². The molecular formula is C21H20ClF3N4O3S. The van der Waals surface area contributed by atoms with Gasteiger partial charge in [0.15, 0.2) is 17.1 Å². The summed E-state index contributed by atoms with van der Waals surface area (Å²) in [7, 11) is 3.28. The van der Waals surface area contributed by atoms with Crippen LogP contribution in [-0.4, -0.2) is 33.5 Å². The number of hydrogen-bond acceptors (Lipinski definition) is 6. The van der Waals surface area contributed by atoms with E-state index in [0.29, 0.717) is 22.5 Å². The van der Waals surface area contributed by atoms with Crippen molar-refractivity contribution >= 4 is 35.0 Å². The van der Waals surface area contributed by atoms with Crippen LogP contribution in [0.15, 0.2) is 47.6 Å². The molecule has 1 N–H and O–H groups in total. The number of thioether (sulfide) groups is 1. The van der Waals surface area contributed by atoms with Crippen molar-refractivity contribution < 1.29 is 27.4 Å². The molecule has 0 fully saturated rings. The summed E-state index contributed by atoms with van der Waals surface area (Å²) in [5.74, 6) is 1.04. The number of rotatable bonds is 8. The lowest BCUT2D eigenvalue weighted by Gasteiger charge is -2.15. The molecule has 0 saturated heterocycles. The molecule has 3 rings (SSSR count). The Kier molecular flexibility index (Phi) is 7.75. The van der Waals surface area contributed by atoms with Gasteiger partial charge in [-0.05, 0) is 49.4 Å². The number of halogens is 4. The van der Waals surface area contributed by atoms with Gasteiger partial charge in [-0.3, -0.25) is 4.79 Å². The van der Waals surface area contributed by atoms with Crippen molar-refractivity contribution in [2.24, 2.45) is 7.05 Å². The third kappa shape index (κ3) is 6.32. The van der Waals surface area contributed by atoms with Crippen LogP contribution in [0.1, 0.15) is 24.4 Å². The van der Waals surface area contributed by atoms with Crippen molar-refractivity contribution in [2.45, 2.75) is 24.4 Å². The topological polar surface area (TPSA) is 78.3 Å². The fraction of sp³-hybridized carbons (Fsp3) is 0.286. The van der Waals surface area contributed by atoms with E-state index in [-0.39, 0.29) is 16.5 Å². The summed E-state index contributed by atoms with van der Waals surface area (Å²) >= 11 is 6.70. The van der Waals surface area contributed by atoms with Crippen LogP contribution < -0.4 is 14.8 Å². The summed E-state index contributed by atoms with van der Waals surface area (Å²) in [5.41, 5.74) is -1.38. The molecule has 1 atom stereocenters. The molecule has 12 heteroatoms. The summed E-state index contributed by atoms with van der Waals surface area (Å²) in [4.78, 5) is 12.3. The zero-order chi connectivity index (χ0) is 24.2.